The molecule has 1 aromatic carbocycles. The number of benzene rings is 1. The number of aryl methyl sites for hydroxylation is 2. The van der Waals surface area contributed by atoms with Gasteiger partial charge in [0, 0.05) is 23.8 Å². The van der Waals surface area contributed by atoms with Crippen molar-refractivity contribution in [2.45, 2.75) is 52.6 Å². The van der Waals surface area contributed by atoms with Gasteiger partial charge in [0.2, 0.25) is 0 Å². The maximum absolute atomic E-state index is 4.46. The molecule has 3 nitrogen and oxygen atoms in total. The Morgan fingerprint density at radius 3 is 2.90 bits per heavy atom. The van der Waals surface area contributed by atoms with Crippen molar-refractivity contribution in [2.75, 3.05) is 6.54 Å². The Balaban J connectivity index is 1.88. The van der Waals surface area contributed by atoms with Crippen LogP contribution in [0.15, 0.2) is 24.4 Å². The lowest BCUT2D eigenvalue weighted by Gasteiger charge is -2.13. The molecule has 3 rings (SSSR count). The van der Waals surface area contributed by atoms with Crippen LogP contribution in [-0.4, -0.2) is 16.3 Å². The van der Waals surface area contributed by atoms with Gasteiger partial charge in [0.15, 0.2) is 0 Å². The third-order valence-electron chi connectivity index (χ3n) is 4.58. The molecule has 1 heterocycles. The molecule has 0 aliphatic heterocycles. The number of aromatic nitrogens is 2. The van der Waals surface area contributed by atoms with Gasteiger partial charge >= 0.3 is 0 Å². The fourth-order valence-electron chi connectivity index (χ4n) is 3.36. The van der Waals surface area contributed by atoms with E-state index in [0.717, 1.165) is 13.1 Å². The number of nitrogens with one attached hydrogen (secondary N) is 1. The molecule has 1 aliphatic rings. The van der Waals surface area contributed by atoms with Crippen molar-refractivity contribution in [3.05, 3.63) is 41.2 Å². The predicted molar refractivity (Wildman–Crippen MR) is 87.4 cm³/mol. The highest BCUT2D eigenvalue weighted by molar-refractivity contribution is 5.67. The van der Waals surface area contributed by atoms with Crippen molar-refractivity contribution in [1.29, 1.82) is 0 Å². The van der Waals surface area contributed by atoms with Crippen molar-refractivity contribution in [3.63, 3.8) is 0 Å². The second-order valence-corrected chi connectivity index (χ2v) is 5.92. The average Bonchev–Trinajstić information content (AvgIpc) is 3.07. The Labute approximate surface area is 127 Å². The van der Waals surface area contributed by atoms with E-state index in [4.69, 9.17) is 0 Å². The first-order chi connectivity index (χ1) is 10.2. The number of rotatable bonds is 5. The van der Waals surface area contributed by atoms with E-state index in [1.54, 1.807) is 0 Å². The van der Waals surface area contributed by atoms with Crippen LogP contribution in [0.3, 0.4) is 0 Å². The van der Waals surface area contributed by atoms with Crippen molar-refractivity contribution >= 4 is 0 Å². The summed E-state index contributed by atoms with van der Waals surface area (Å²) in [6.45, 7) is 8.55. The van der Waals surface area contributed by atoms with E-state index in [1.807, 2.05) is 6.20 Å². The molecule has 2 aromatic rings. The molecule has 0 saturated heterocycles. The molecule has 1 atom stereocenters. The molecule has 3 heteroatoms. The van der Waals surface area contributed by atoms with Gasteiger partial charge in [0.1, 0.15) is 0 Å². The Morgan fingerprint density at radius 1 is 1.33 bits per heavy atom. The van der Waals surface area contributed by atoms with Crippen LogP contribution in [-0.2, 0) is 13.0 Å². The van der Waals surface area contributed by atoms with Gasteiger partial charge in [0.05, 0.1) is 6.20 Å². The molecule has 0 saturated carbocycles. The number of fused-ring (bicyclic) bond motifs is 1. The van der Waals surface area contributed by atoms with Gasteiger partial charge in [-0.15, -0.1) is 0 Å². The summed E-state index contributed by atoms with van der Waals surface area (Å²) in [6, 6.07) is 7.49. The fourth-order valence-corrected chi connectivity index (χ4v) is 3.36. The van der Waals surface area contributed by atoms with E-state index in [-0.39, 0.29) is 0 Å². The lowest BCUT2D eigenvalue weighted by Crippen LogP contribution is -2.19. The van der Waals surface area contributed by atoms with Gasteiger partial charge in [-0.2, -0.15) is 5.10 Å². The molecular weight excluding hydrogens is 258 g/mol. The van der Waals surface area contributed by atoms with Crippen LogP contribution in [0.5, 0.6) is 0 Å². The Kier molecular flexibility index (Phi) is 4.11. The summed E-state index contributed by atoms with van der Waals surface area (Å²) >= 11 is 0. The van der Waals surface area contributed by atoms with Gasteiger partial charge in [-0.25, -0.2) is 0 Å². The predicted octanol–water partition coefficient (Wildman–Crippen LogP) is 3.87. The maximum Gasteiger partial charge on any atom is 0.0571 e. The Bertz CT molecular complexity index is 627. The lowest BCUT2D eigenvalue weighted by molar-refractivity contribution is 0.529. The summed E-state index contributed by atoms with van der Waals surface area (Å²) in [5, 5.41) is 8.12. The van der Waals surface area contributed by atoms with Crippen molar-refractivity contribution in [1.82, 2.24) is 15.1 Å². The van der Waals surface area contributed by atoms with Crippen molar-refractivity contribution in [3.8, 4) is 11.1 Å². The third-order valence-corrected chi connectivity index (χ3v) is 4.58. The third kappa shape index (κ3) is 2.62. The smallest absolute Gasteiger partial charge is 0.0571 e. The SMILES string of the molecule is CCCNC1CCc2cc(-c3cnn(CC)c3C)ccc21. The van der Waals surface area contributed by atoms with Gasteiger partial charge < -0.3 is 5.32 Å². The first kappa shape index (κ1) is 14.3. The molecule has 0 bridgehead atoms. The van der Waals surface area contributed by atoms with E-state index in [0.29, 0.717) is 6.04 Å². The van der Waals surface area contributed by atoms with Gasteiger partial charge in [-0.1, -0.05) is 25.1 Å². The van der Waals surface area contributed by atoms with Crippen LogP contribution >= 0.6 is 0 Å². The van der Waals surface area contributed by atoms with Crippen molar-refractivity contribution < 1.29 is 0 Å². The van der Waals surface area contributed by atoms with E-state index in [9.17, 15) is 0 Å². The van der Waals surface area contributed by atoms with Crippen LogP contribution in [0.2, 0.25) is 0 Å². The fraction of sp³-hybridized carbons (Fsp3) is 0.500. The monoisotopic (exact) mass is 283 g/mol. The quantitative estimate of drug-likeness (QED) is 0.903. The molecule has 0 amide bonds. The summed E-state index contributed by atoms with van der Waals surface area (Å²) < 4.78 is 2.06. The van der Waals surface area contributed by atoms with Crippen LogP contribution in [0.1, 0.15) is 49.6 Å². The standard InChI is InChI=1S/C18H25N3/c1-4-10-19-18-9-7-14-11-15(6-8-16(14)18)17-12-20-21(5-2)13(17)3/h6,8,11-12,18-19H,4-5,7,9-10H2,1-3H3. The Morgan fingerprint density at radius 2 is 2.19 bits per heavy atom. The van der Waals surface area contributed by atoms with Crippen LogP contribution in [0.25, 0.3) is 11.1 Å². The second-order valence-electron chi connectivity index (χ2n) is 5.92. The van der Waals surface area contributed by atoms with Gasteiger partial charge in [-0.05, 0) is 56.3 Å². The molecule has 1 aliphatic carbocycles. The molecular formula is C18H25N3. The first-order valence-corrected chi connectivity index (χ1v) is 8.13. The molecule has 112 valence electrons. The minimum Gasteiger partial charge on any atom is -0.310 e. The summed E-state index contributed by atoms with van der Waals surface area (Å²) in [7, 11) is 0. The maximum atomic E-state index is 4.46. The van der Waals surface area contributed by atoms with Gasteiger partial charge in [-0.3, -0.25) is 4.68 Å². The van der Waals surface area contributed by atoms with E-state index >= 15 is 0 Å². The minimum absolute atomic E-state index is 0.550. The van der Waals surface area contributed by atoms with E-state index in [1.165, 1.54) is 47.2 Å². The zero-order valence-electron chi connectivity index (χ0n) is 13.3. The molecule has 1 aromatic heterocycles. The summed E-state index contributed by atoms with van der Waals surface area (Å²) in [5.41, 5.74) is 6.83. The molecule has 0 radical (unpaired) electrons. The highest BCUT2D eigenvalue weighted by atomic mass is 15.3. The normalized spacial score (nSPS) is 17.2. The van der Waals surface area contributed by atoms with Crippen LogP contribution in [0.4, 0.5) is 0 Å². The second kappa shape index (κ2) is 6.02. The van der Waals surface area contributed by atoms with E-state index < -0.39 is 0 Å². The topological polar surface area (TPSA) is 29.9 Å². The zero-order chi connectivity index (χ0) is 14.8. The average molecular weight is 283 g/mol. The molecule has 1 unspecified atom stereocenters. The minimum atomic E-state index is 0.550. The van der Waals surface area contributed by atoms with Crippen LogP contribution < -0.4 is 5.32 Å². The molecule has 0 spiro atoms. The number of nitrogens with zero attached hydrogens (tertiary/aromatic N) is 2. The molecule has 0 fully saturated rings. The van der Waals surface area contributed by atoms with Crippen LogP contribution in [0, 0.1) is 6.92 Å². The zero-order valence-corrected chi connectivity index (χ0v) is 13.3. The largest absolute Gasteiger partial charge is 0.310 e. The lowest BCUT2D eigenvalue weighted by atomic mass is 10.00. The first-order valence-electron chi connectivity index (χ1n) is 8.13. The van der Waals surface area contributed by atoms with Crippen molar-refractivity contribution in [2.24, 2.45) is 0 Å². The highest BCUT2D eigenvalue weighted by Gasteiger charge is 2.22. The summed E-state index contributed by atoms with van der Waals surface area (Å²) in [5.74, 6) is 0. The van der Waals surface area contributed by atoms with E-state index in [2.05, 4.69) is 54.1 Å². The Hall–Kier alpha value is -1.61. The molecule has 1 N–H and O–H groups in total. The number of hydrogen-bond acceptors (Lipinski definition) is 2. The summed E-state index contributed by atoms with van der Waals surface area (Å²) in [6.07, 6.45) is 5.61. The highest BCUT2D eigenvalue weighted by Crippen LogP contribution is 2.34. The molecule has 21 heavy (non-hydrogen) atoms. The summed E-state index contributed by atoms with van der Waals surface area (Å²) in [4.78, 5) is 0. The number of hydrogen-bond donors (Lipinski definition) is 1. The van der Waals surface area contributed by atoms with Gasteiger partial charge in [0.25, 0.3) is 0 Å².